The molecule has 1 saturated heterocycles. The van der Waals surface area contributed by atoms with Crippen LogP contribution in [0.2, 0.25) is 0 Å². The molecule has 0 saturated carbocycles. The second-order valence-electron chi connectivity index (χ2n) is 8.47. The standard InChI is InChI=1S/C19H31N5O6/c1-18(2,3)29-17(27)24-11-19(12-24,23(5)6)7-8-21-16(26)28-10-13-9-14(22-30-13)15(25)20-4/h9H,7-8,10-12H2,1-6H3,(H,20,25)(H,21,26). The second-order valence-corrected chi connectivity index (χ2v) is 8.47. The Hall–Kier alpha value is -2.82. The summed E-state index contributed by atoms with van der Waals surface area (Å²) in [6.07, 6.45) is -0.307. The number of hydrogen-bond donors (Lipinski definition) is 2. The lowest BCUT2D eigenvalue weighted by Crippen LogP contribution is -2.70. The van der Waals surface area contributed by atoms with Gasteiger partial charge in [0.2, 0.25) is 0 Å². The molecule has 0 radical (unpaired) electrons. The first-order valence-corrected chi connectivity index (χ1v) is 9.69. The Morgan fingerprint density at radius 3 is 2.53 bits per heavy atom. The lowest BCUT2D eigenvalue weighted by Gasteiger charge is -2.53. The molecule has 0 spiro atoms. The summed E-state index contributed by atoms with van der Waals surface area (Å²) in [5.41, 5.74) is -0.662. The van der Waals surface area contributed by atoms with Crippen LogP contribution < -0.4 is 10.6 Å². The molecule has 0 atom stereocenters. The largest absolute Gasteiger partial charge is 0.444 e. The first-order chi connectivity index (χ1) is 14.0. The third-order valence-electron chi connectivity index (χ3n) is 4.79. The number of alkyl carbamates (subject to hydrolysis) is 1. The third kappa shape index (κ3) is 6.09. The van der Waals surface area contributed by atoms with Gasteiger partial charge in [0.15, 0.2) is 18.1 Å². The quantitative estimate of drug-likeness (QED) is 0.667. The van der Waals surface area contributed by atoms with Crippen molar-refractivity contribution >= 4 is 18.1 Å². The van der Waals surface area contributed by atoms with Gasteiger partial charge >= 0.3 is 12.2 Å². The van der Waals surface area contributed by atoms with Gasteiger partial charge in [0.05, 0.1) is 5.54 Å². The minimum absolute atomic E-state index is 0.115. The predicted octanol–water partition coefficient (Wildman–Crippen LogP) is 1.20. The van der Waals surface area contributed by atoms with Gasteiger partial charge in [-0.1, -0.05) is 5.16 Å². The maximum atomic E-state index is 12.2. The van der Waals surface area contributed by atoms with E-state index in [1.807, 2.05) is 34.9 Å². The summed E-state index contributed by atoms with van der Waals surface area (Å²) in [4.78, 5) is 39.2. The van der Waals surface area contributed by atoms with E-state index in [2.05, 4.69) is 20.7 Å². The maximum Gasteiger partial charge on any atom is 0.410 e. The van der Waals surface area contributed by atoms with E-state index in [-0.39, 0.29) is 35.6 Å². The summed E-state index contributed by atoms with van der Waals surface area (Å²) in [5, 5.41) is 8.71. The summed E-state index contributed by atoms with van der Waals surface area (Å²) in [6, 6.07) is 1.41. The first-order valence-electron chi connectivity index (χ1n) is 9.69. The zero-order valence-corrected chi connectivity index (χ0v) is 18.4. The van der Waals surface area contributed by atoms with Gasteiger partial charge in [-0.3, -0.25) is 4.79 Å². The van der Waals surface area contributed by atoms with E-state index in [9.17, 15) is 14.4 Å². The SMILES string of the molecule is CNC(=O)c1cc(COC(=O)NCCC2(N(C)C)CN(C(=O)OC(C)(C)C)C2)on1. The predicted molar refractivity (Wildman–Crippen MR) is 107 cm³/mol. The lowest BCUT2D eigenvalue weighted by molar-refractivity contribution is -0.0515. The van der Waals surface area contributed by atoms with E-state index >= 15 is 0 Å². The number of likely N-dealkylation sites (N-methyl/N-ethyl adjacent to an activating group) is 1. The number of aromatic nitrogens is 1. The number of rotatable bonds is 7. The van der Waals surface area contributed by atoms with Crippen LogP contribution in [0.15, 0.2) is 10.6 Å². The maximum absolute atomic E-state index is 12.2. The van der Waals surface area contributed by atoms with Gasteiger partial charge in [0, 0.05) is 32.7 Å². The van der Waals surface area contributed by atoms with Crippen molar-refractivity contribution in [3.05, 3.63) is 17.5 Å². The summed E-state index contributed by atoms with van der Waals surface area (Å²) >= 11 is 0. The monoisotopic (exact) mass is 425 g/mol. The van der Waals surface area contributed by atoms with Crippen LogP contribution in [0, 0.1) is 0 Å². The molecule has 0 aromatic carbocycles. The lowest BCUT2D eigenvalue weighted by atomic mass is 9.85. The molecule has 0 aliphatic carbocycles. The summed E-state index contributed by atoms with van der Waals surface area (Å²) < 4.78 is 15.4. The number of ether oxygens (including phenoxy) is 2. The summed E-state index contributed by atoms with van der Waals surface area (Å²) in [6.45, 7) is 6.77. The minimum atomic E-state index is -0.606. The molecule has 1 fully saturated rings. The molecular weight excluding hydrogens is 394 g/mol. The van der Waals surface area contributed by atoms with E-state index in [1.165, 1.54) is 13.1 Å². The van der Waals surface area contributed by atoms with Crippen LogP contribution in [0.4, 0.5) is 9.59 Å². The minimum Gasteiger partial charge on any atom is -0.444 e. The summed E-state index contributed by atoms with van der Waals surface area (Å²) in [7, 11) is 5.37. The molecule has 11 nitrogen and oxygen atoms in total. The van der Waals surface area contributed by atoms with Crippen LogP contribution in [0.1, 0.15) is 43.4 Å². The fourth-order valence-corrected chi connectivity index (χ4v) is 2.99. The number of likely N-dealkylation sites (tertiary alicyclic amines) is 1. The molecule has 1 aromatic rings. The fraction of sp³-hybridized carbons (Fsp3) is 0.684. The molecule has 2 heterocycles. The molecule has 30 heavy (non-hydrogen) atoms. The van der Waals surface area contributed by atoms with Crippen molar-refractivity contribution < 1.29 is 28.4 Å². The van der Waals surface area contributed by atoms with Gasteiger partial charge in [0.1, 0.15) is 5.60 Å². The highest BCUT2D eigenvalue weighted by Crippen LogP contribution is 2.30. The Bertz CT molecular complexity index is 764. The Morgan fingerprint density at radius 1 is 1.30 bits per heavy atom. The molecule has 3 amide bonds. The molecule has 0 unspecified atom stereocenters. The van der Waals surface area contributed by atoms with Crippen molar-refractivity contribution in [2.24, 2.45) is 0 Å². The number of carbonyl (C=O) groups is 3. The molecule has 1 aliphatic rings. The van der Waals surface area contributed by atoms with Crippen LogP contribution in [-0.2, 0) is 16.1 Å². The van der Waals surface area contributed by atoms with Gasteiger partial charge in [-0.15, -0.1) is 0 Å². The average Bonchev–Trinajstić information content (AvgIpc) is 3.08. The van der Waals surface area contributed by atoms with Crippen LogP contribution in [0.5, 0.6) is 0 Å². The van der Waals surface area contributed by atoms with Gasteiger partial charge in [-0.05, 0) is 41.3 Å². The van der Waals surface area contributed by atoms with Crippen LogP contribution in [0.25, 0.3) is 0 Å². The third-order valence-corrected chi connectivity index (χ3v) is 4.79. The zero-order valence-electron chi connectivity index (χ0n) is 18.4. The summed E-state index contributed by atoms with van der Waals surface area (Å²) in [5.74, 6) is -0.120. The molecule has 2 N–H and O–H groups in total. The Labute approximate surface area is 176 Å². The topological polar surface area (TPSA) is 126 Å². The Balaban J connectivity index is 1.74. The first kappa shape index (κ1) is 23.5. The number of hydrogen-bond acceptors (Lipinski definition) is 8. The van der Waals surface area contributed by atoms with Crippen molar-refractivity contribution in [2.75, 3.05) is 40.8 Å². The second kappa shape index (κ2) is 9.33. The fourth-order valence-electron chi connectivity index (χ4n) is 2.99. The van der Waals surface area contributed by atoms with Gasteiger partial charge in [-0.25, -0.2) is 9.59 Å². The molecule has 1 aliphatic heterocycles. The van der Waals surface area contributed by atoms with Crippen molar-refractivity contribution in [1.82, 2.24) is 25.6 Å². The molecule has 168 valence electrons. The van der Waals surface area contributed by atoms with Crippen LogP contribution in [0.3, 0.4) is 0 Å². The highest BCUT2D eigenvalue weighted by atomic mass is 16.6. The molecule has 2 rings (SSSR count). The van der Waals surface area contributed by atoms with Gasteiger partial charge in [-0.2, -0.15) is 0 Å². The van der Waals surface area contributed by atoms with E-state index in [1.54, 1.807) is 4.90 Å². The van der Waals surface area contributed by atoms with Crippen molar-refractivity contribution in [3.8, 4) is 0 Å². The molecular formula is C19H31N5O6. The smallest absolute Gasteiger partial charge is 0.410 e. The van der Waals surface area contributed by atoms with Crippen molar-refractivity contribution in [2.45, 2.75) is 44.9 Å². The highest BCUT2D eigenvalue weighted by Gasteiger charge is 2.47. The van der Waals surface area contributed by atoms with Gasteiger partial charge < -0.3 is 34.4 Å². The van der Waals surface area contributed by atoms with E-state index in [0.717, 1.165) is 0 Å². The average molecular weight is 425 g/mol. The number of nitrogens with one attached hydrogen (secondary N) is 2. The van der Waals surface area contributed by atoms with Crippen LogP contribution in [-0.4, -0.2) is 85.0 Å². The molecule has 11 heteroatoms. The van der Waals surface area contributed by atoms with Crippen LogP contribution >= 0.6 is 0 Å². The normalized spacial score (nSPS) is 15.4. The Morgan fingerprint density at radius 2 is 1.97 bits per heavy atom. The molecule has 1 aromatic heterocycles. The zero-order chi connectivity index (χ0) is 22.5. The van der Waals surface area contributed by atoms with E-state index in [0.29, 0.717) is 26.1 Å². The van der Waals surface area contributed by atoms with E-state index < -0.39 is 11.7 Å². The van der Waals surface area contributed by atoms with E-state index in [4.69, 9.17) is 14.0 Å². The number of carbonyl (C=O) groups excluding carboxylic acids is 3. The number of amides is 3. The van der Waals surface area contributed by atoms with Crippen molar-refractivity contribution in [1.29, 1.82) is 0 Å². The number of nitrogens with zero attached hydrogens (tertiary/aromatic N) is 3. The molecule has 0 bridgehead atoms. The highest BCUT2D eigenvalue weighted by molar-refractivity contribution is 5.91. The Kier molecular flexibility index (Phi) is 7.30. The van der Waals surface area contributed by atoms with Gasteiger partial charge in [0.25, 0.3) is 5.91 Å². The van der Waals surface area contributed by atoms with Crippen molar-refractivity contribution in [3.63, 3.8) is 0 Å².